The molecule has 2 fully saturated rings. The molecule has 2 heteroatoms. The third-order valence-corrected chi connectivity index (χ3v) is 3.98. The van der Waals surface area contributed by atoms with Crippen LogP contribution in [0.15, 0.2) is 30.3 Å². The van der Waals surface area contributed by atoms with E-state index in [1.807, 2.05) is 0 Å². The monoisotopic (exact) mass is 217 g/mol. The van der Waals surface area contributed by atoms with Gasteiger partial charge in [0.25, 0.3) is 0 Å². The molecule has 1 aromatic carbocycles. The van der Waals surface area contributed by atoms with E-state index in [2.05, 4.69) is 42.2 Å². The van der Waals surface area contributed by atoms with Gasteiger partial charge in [0, 0.05) is 12.1 Å². The maximum atomic E-state index is 6.05. The molecule has 2 heterocycles. The average Bonchev–Trinajstić information content (AvgIpc) is 2.80. The molecule has 0 aliphatic carbocycles. The van der Waals surface area contributed by atoms with Gasteiger partial charge in [0.05, 0.1) is 12.7 Å². The lowest BCUT2D eigenvalue weighted by atomic mass is 9.99. The minimum absolute atomic E-state index is 0.260. The molecule has 3 rings (SSSR count). The summed E-state index contributed by atoms with van der Waals surface area (Å²) < 4.78 is 6.05. The highest BCUT2D eigenvalue weighted by molar-refractivity contribution is 5.20. The summed E-state index contributed by atoms with van der Waals surface area (Å²) in [5.41, 5.74) is 1.32. The van der Waals surface area contributed by atoms with Gasteiger partial charge in [-0.1, -0.05) is 30.3 Å². The number of hydrogen-bond donors (Lipinski definition) is 0. The first-order valence-corrected chi connectivity index (χ1v) is 6.28. The van der Waals surface area contributed by atoms with Gasteiger partial charge in [-0.3, -0.25) is 4.90 Å². The number of rotatable bonds is 1. The highest BCUT2D eigenvalue weighted by Crippen LogP contribution is 2.34. The van der Waals surface area contributed by atoms with Gasteiger partial charge in [-0.2, -0.15) is 0 Å². The van der Waals surface area contributed by atoms with Crippen LogP contribution in [0.25, 0.3) is 0 Å². The fourth-order valence-electron chi connectivity index (χ4n) is 3.12. The molecule has 0 aromatic heterocycles. The summed E-state index contributed by atoms with van der Waals surface area (Å²) in [6, 6.07) is 11.8. The van der Waals surface area contributed by atoms with Gasteiger partial charge in [-0.05, 0) is 31.9 Å². The molecule has 3 atom stereocenters. The van der Waals surface area contributed by atoms with Gasteiger partial charge in [-0.15, -0.1) is 0 Å². The Morgan fingerprint density at radius 1 is 1.25 bits per heavy atom. The minimum Gasteiger partial charge on any atom is -0.370 e. The lowest BCUT2D eigenvalue weighted by molar-refractivity contribution is -0.0856. The van der Waals surface area contributed by atoms with E-state index >= 15 is 0 Å². The Kier molecular flexibility index (Phi) is 2.70. The van der Waals surface area contributed by atoms with Crippen molar-refractivity contribution in [3.05, 3.63) is 35.9 Å². The average molecular weight is 217 g/mol. The molecule has 16 heavy (non-hydrogen) atoms. The maximum absolute atomic E-state index is 6.05. The van der Waals surface area contributed by atoms with Crippen LogP contribution in [0.2, 0.25) is 0 Å². The van der Waals surface area contributed by atoms with Gasteiger partial charge in [0.1, 0.15) is 0 Å². The molecule has 0 saturated carbocycles. The Morgan fingerprint density at radius 2 is 2.06 bits per heavy atom. The van der Waals surface area contributed by atoms with E-state index in [9.17, 15) is 0 Å². The normalized spacial score (nSPS) is 34.9. The molecule has 0 N–H and O–H groups in total. The third kappa shape index (κ3) is 1.66. The van der Waals surface area contributed by atoms with Crippen LogP contribution in [-0.2, 0) is 4.74 Å². The molecule has 0 amide bonds. The van der Waals surface area contributed by atoms with E-state index in [4.69, 9.17) is 4.74 Å². The molecule has 2 saturated heterocycles. The summed E-state index contributed by atoms with van der Waals surface area (Å²) in [6.07, 6.45) is 2.90. The number of ether oxygens (including phenoxy) is 1. The Balaban J connectivity index is 1.82. The lowest BCUT2D eigenvalue weighted by Gasteiger charge is -2.41. The highest BCUT2D eigenvalue weighted by Gasteiger charge is 2.38. The Hall–Kier alpha value is -0.860. The molecule has 86 valence electrons. The second kappa shape index (κ2) is 4.19. The fourth-order valence-corrected chi connectivity index (χ4v) is 3.12. The van der Waals surface area contributed by atoms with Crippen LogP contribution in [0.3, 0.4) is 0 Å². The third-order valence-electron chi connectivity index (χ3n) is 3.98. The van der Waals surface area contributed by atoms with E-state index in [1.54, 1.807) is 0 Å². The molecular formula is C14H19NO. The van der Waals surface area contributed by atoms with Gasteiger partial charge in [0.15, 0.2) is 0 Å². The second-order valence-electron chi connectivity index (χ2n) is 4.94. The summed E-state index contributed by atoms with van der Waals surface area (Å²) in [5, 5.41) is 0. The summed E-state index contributed by atoms with van der Waals surface area (Å²) >= 11 is 0. The smallest absolute Gasteiger partial charge is 0.0978 e. The number of fused-ring (bicyclic) bond motifs is 1. The second-order valence-corrected chi connectivity index (χ2v) is 4.94. The van der Waals surface area contributed by atoms with E-state index in [-0.39, 0.29) is 6.10 Å². The predicted octanol–water partition coefficient (Wildman–Crippen LogP) is 2.61. The van der Waals surface area contributed by atoms with E-state index in [0.717, 1.165) is 6.61 Å². The molecule has 1 aromatic rings. The zero-order valence-corrected chi connectivity index (χ0v) is 9.80. The van der Waals surface area contributed by atoms with Crippen LogP contribution in [0, 0.1) is 0 Å². The van der Waals surface area contributed by atoms with E-state index in [1.165, 1.54) is 24.9 Å². The Labute approximate surface area is 97.2 Å². The van der Waals surface area contributed by atoms with Gasteiger partial charge >= 0.3 is 0 Å². The van der Waals surface area contributed by atoms with Crippen molar-refractivity contribution in [3.63, 3.8) is 0 Å². The van der Waals surface area contributed by atoms with Crippen molar-refractivity contribution in [1.29, 1.82) is 0 Å². The summed E-state index contributed by atoms with van der Waals surface area (Å²) in [6.45, 7) is 4.46. The zero-order valence-electron chi connectivity index (χ0n) is 9.80. The number of hydrogen-bond acceptors (Lipinski definition) is 2. The quantitative estimate of drug-likeness (QED) is 0.717. The molecule has 2 aliphatic heterocycles. The first-order chi connectivity index (χ1) is 7.86. The topological polar surface area (TPSA) is 12.5 Å². The molecule has 0 unspecified atom stereocenters. The summed E-state index contributed by atoms with van der Waals surface area (Å²) in [7, 11) is 0. The van der Waals surface area contributed by atoms with Crippen LogP contribution in [-0.4, -0.2) is 30.1 Å². The number of benzene rings is 1. The minimum atomic E-state index is 0.260. The molecule has 2 nitrogen and oxygen atoms in total. The lowest BCUT2D eigenvalue weighted by Crippen LogP contribution is -2.48. The van der Waals surface area contributed by atoms with Crippen LogP contribution >= 0.6 is 0 Å². The zero-order chi connectivity index (χ0) is 11.0. The van der Waals surface area contributed by atoms with Gasteiger partial charge in [-0.25, -0.2) is 0 Å². The van der Waals surface area contributed by atoms with E-state index < -0.39 is 0 Å². The number of morpholine rings is 1. The number of nitrogens with zero attached hydrogens (tertiary/aromatic N) is 1. The van der Waals surface area contributed by atoms with Crippen molar-refractivity contribution in [3.8, 4) is 0 Å². The van der Waals surface area contributed by atoms with Gasteiger partial charge < -0.3 is 4.74 Å². The van der Waals surface area contributed by atoms with Crippen LogP contribution in [0.1, 0.15) is 31.4 Å². The van der Waals surface area contributed by atoms with Crippen LogP contribution in [0.5, 0.6) is 0 Å². The van der Waals surface area contributed by atoms with Crippen molar-refractivity contribution in [2.75, 3.05) is 13.2 Å². The van der Waals surface area contributed by atoms with Crippen molar-refractivity contribution < 1.29 is 4.74 Å². The molecule has 2 aliphatic rings. The van der Waals surface area contributed by atoms with Crippen molar-refractivity contribution >= 4 is 0 Å². The maximum Gasteiger partial charge on any atom is 0.0978 e. The SMILES string of the molecule is C[C@@H]1[C@@H](c2ccccc2)OC[C@@H]2CCCN21. The predicted molar refractivity (Wildman–Crippen MR) is 64.3 cm³/mol. The first-order valence-electron chi connectivity index (χ1n) is 6.28. The largest absolute Gasteiger partial charge is 0.370 e. The first kappa shape index (κ1) is 10.3. The molecule has 0 spiro atoms. The fraction of sp³-hybridized carbons (Fsp3) is 0.571. The molecule has 0 bridgehead atoms. The van der Waals surface area contributed by atoms with Crippen molar-refractivity contribution in [2.24, 2.45) is 0 Å². The van der Waals surface area contributed by atoms with Crippen LogP contribution < -0.4 is 0 Å². The molecular weight excluding hydrogens is 198 g/mol. The van der Waals surface area contributed by atoms with E-state index in [0.29, 0.717) is 12.1 Å². The highest BCUT2D eigenvalue weighted by atomic mass is 16.5. The van der Waals surface area contributed by atoms with Gasteiger partial charge in [0.2, 0.25) is 0 Å². The summed E-state index contributed by atoms with van der Waals surface area (Å²) in [5.74, 6) is 0. The van der Waals surface area contributed by atoms with Crippen molar-refractivity contribution in [1.82, 2.24) is 4.90 Å². The Morgan fingerprint density at radius 3 is 2.88 bits per heavy atom. The van der Waals surface area contributed by atoms with Crippen LogP contribution in [0.4, 0.5) is 0 Å². The standard InChI is InChI=1S/C14H19NO/c1-11-14(12-6-3-2-4-7-12)16-10-13-8-5-9-15(11)13/h2-4,6-7,11,13-14H,5,8-10H2,1H3/t11-,13+,14+/m1/s1. The van der Waals surface area contributed by atoms with Crippen molar-refractivity contribution in [2.45, 2.75) is 38.0 Å². The summed E-state index contributed by atoms with van der Waals surface area (Å²) in [4.78, 5) is 2.63. The molecule has 0 radical (unpaired) electrons. The Bertz CT molecular complexity index is 351.